The Bertz CT molecular complexity index is 1200. The van der Waals surface area contributed by atoms with Crippen molar-refractivity contribution in [1.82, 2.24) is 4.59 Å². The Labute approximate surface area is 196 Å². The maximum absolute atomic E-state index is 2.42. The molecule has 0 heterocycles. The highest BCUT2D eigenvalue weighted by molar-refractivity contribution is 5.81. The highest BCUT2D eigenvalue weighted by atomic mass is 15.8. The van der Waals surface area contributed by atoms with Gasteiger partial charge in [-0.2, -0.15) is 5.01 Å². The van der Waals surface area contributed by atoms with Gasteiger partial charge in [-0.05, 0) is 36.8 Å². The van der Waals surface area contributed by atoms with Crippen molar-refractivity contribution in [3.05, 3.63) is 151 Å². The van der Waals surface area contributed by atoms with E-state index >= 15 is 0 Å². The van der Waals surface area contributed by atoms with Crippen LogP contribution in [-0.2, 0) is 0 Å². The van der Waals surface area contributed by atoms with Gasteiger partial charge < -0.3 is 0 Å². The van der Waals surface area contributed by atoms with Gasteiger partial charge in [-0.1, -0.05) is 84.9 Å². The lowest BCUT2D eigenvalue weighted by atomic mass is 10.1. The van der Waals surface area contributed by atoms with Crippen molar-refractivity contribution in [2.24, 2.45) is 0 Å². The van der Waals surface area contributed by atoms with Crippen molar-refractivity contribution in [3.8, 4) is 0 Å². The van der Waals surface area contributed by atoms with E-state index in [0.717, 1.165) is 28.4 Å². The second kappa shape index (κ2) is 9.15. The van der Waals surface area contributed by atoms with Crippen molar-refractivity contribution in [3.63, 3.8) is 0 Å². The van der Waals surface area contributed by atoms with Crippen LogP contribution in [0, 0.1) is 6.92 Å². The lowest BCUT2D eigenvalue weighted by Gasteiger charge is -2.45. The minimum absolute atomic E-state index is 0.399. The molecule has 0 aliphatic carbocycles. The number of hydrogen-bond donors (Lipinski definition) is 0. The molecular weight excluding hydrogens is 400 g/mol. The van der Waals surface area contributed by atoms with Gasteiger partial charge in [-0.25, -0.2) is 0 Å². The first-order valence-corrected chi connectivity index (χ1v) is 11.3. The van der Waals surface area contributed by atoms with Crippen LogP contribution in [0.25, 0.3) is 0 Å². The quantitative estimate of drug-likeness (QED) is 0.193. The number of para-hydroxylation sites is 4. The van der Waals surface area contributed by atoms with Crippen LogP contribution in [0.5, 0.6) is 0 Å². The van der Waals surface area contributed by atoms with Gasteiger partial charge in [-0.15, -0.1) is 4.59 Å². The van der Waals surface area contributed by atoms with Crippen LogP contribution < -0.4 is 9.60 Å². The molecule has 0 aliphatic rings. The highest BCUT2D eigenvalue weighted by Gasteiger charge is 2.44. The third-order valence-corrected chi connectivity index (χ3v) is 5.94. The average molecular weight is 428 g/mol. The summed E-state index contributed by atoms with van der Waals surface area (Å²) in [6.45, 7) is 2.15. The van der Waals surface area contributed by atoms with E-state index < -0.39 is 0 Å². The van der Waals surface area contributed by atoms with Gasteiger partial charge in [0.15, 0.2) is 17.1 Å². The van der Waals surface area contributed by atoms with Gasteiger partial charge in [0, 0.05) is 36.4 Å². The van der Waals surface area contributed by atoms with E-state index in [9.17, 15) is 0 Å². The Hall–Kier alpha value is -4.14. The number of rotatable bonds is 6. The smallest absolute Gasteiger partial charge is 0.168 e. The summed E-state index contributed by atoms with van der Waals surface area (Å²) in [6, 6.07) is 51.6. The number of aryl methyl sites for hydroxylation is 1. The van der Waals surface area contributed by atoms with Gasteiger partial charge in [0.2, 0.25) is 0 Å². The zero-order valence-corrected chi connectivity index (χ0v) is 18.8. The molecule has 0 saturated heterocycles. The van der Waals surface area contributed by atoms with Crippen LogP contribution in [0.4, 0.5) is 28.4 Å². The molecule has 0 bridgehead atoms. The van der Waals surface area contributed by atoms with Gasteiger partial charge in [0.1, 0.15) is 0 Å². The monoisotopic (exact) mass is 427 g/mol. The molecule has 0 saturated carbocycles. The van der Waals surface area contributed by atoms with E-state index in [1.807, 2.05) is 0 Å². The van der Waals surface area contributed by atoms with E-state index in [2.05, 4.69) is 158 Å². The van der Waals surface area contributed by atoms with Gasteiger partial charge in [0.25, 0.3) is 0 Å². The fourth-order valence-electron chi connectivity index (χ4n) is 4.55. The number of anilines is 2. The molecule has 5 rings (SSSR count). The summed E-state index contributed by atoms with van der Waals surface area (Å²) >= 11 is 0. The molecule has 0 fully saturated rings. The molecule has 5 aromatic rings. The maximum atomic E-state index is 2.42. The molecule has 2 nitrogen and oxygen atoms in total. The van der Waals surface area contributed by atoms with Crippen LogP contribution >= 0.6 is 0 Å². The number of hydrogen-bond acceptors (Lipinski definition) is 1. The summed E-state index contributed by atoms with van der Waals surface area (Å²) in [5, 5.41) is 2.42. The van der Waals surface area contributed by atoms with Crippen LogP contribution in [0.15, 0.2) is 146 Å². The van der Waals surface area contributed by atoms with E-state index in [-0.39, 0.29) is 0 Å². The van der Waals surface area contributed by atoms with E-state index in [0.29, 0.717) is 4.59 Å². The fourth-order valence-corrected chi connectivity index (χ4v) is 4.55. The van der Waals surface area contributed by atoms with Crippen molar-refractivity contribution in [1.29, 1.82) is 0 Å². The third-order valence-electron chi connectivity index (χ3n) is 5.94. The Morgan fingerprint density at radius 1 is 0.424 bits per heavy atom. The maximum Gasteiger partial charge on any atom is 0.168 e. The van der Waals surface area contributed by atoms with Crippen LogP contribution in [0.1, 0.15) is 5.56 Å². The van der Waals surface area contributed by atoms with Gasteiger partial charge >= 0.3 is 0 Å². The summed E-state index contributed by atoms with van der Waals surface area (Å²) in [7, 11) is 0. The minimum atomic E-state index is 0.399. The van der Waals surface area contributed by atoms with E-state index in [1.165, 1.54) is 5.56 Å². The third kappa shape index (κ3) is 3.82. The molecule has 2 heteroatoms. The fraction of sp³-hybridized carbons (Fsp3) is 0.0323. The molecular formula is C31H27N2+. The van der Waals surface area contributed by atoms with Gasteiger partial charge in [0.05, 0.1) is 11.4 Å². The highest BCUT2D eigenvalue weighted by Crippen LogP contribution is 2.50. The second-order valence-corrected chi connectivity index (χ2v) is 8.13. The van der Waals surface area contributed by atoms with Crippen LogP contribution in [0.3, 0.4) is 0 Å². The van der Waals surface area contributed by atoms with Crippen molar-refractivity contribution in [2.45, 2.75) is 6.92 Å². The molecule has 0 aliphatic heterocycles. The summed E-state index contributed by atoms with van der Waals surface area (Å²) in [6.07, 6.45) is 0. The molecule has 0 radical (unpaired) electrons. The summed E-state index contributed by atoms with van der Waals surface area (Å²) in [5.41, 5.74) is 6.92. The first kappa shape index (κ1) is 20.7. The molecule has 0 aromatic heterocycles. The normalized spacial score (nSPS) is 11.2. The Kier molecular flexibility index (Phi) is 5.75. The van der Waals surface area contributed by atoms with Gasteiger partial charge in [-0.3, -0.25) is 0 Å². The predicted octanol–water partition coefficient (Wildman–Crippen LogP) is 8.72. The topological polar surface area (TPSA) is 3.24 Å². The first-order chi connectivity index (χ1) is 16.3. The number of quaternary nitrogens is 1. The predicted molar refractivity (Wildman–Crippen MR) is 140 cm³/mol. The molecule has 160 valence electrons. The zero-order chi connectivity index (χ0) is 22.5. The molecule has 33 heavy (non-hydrogen) atoms. The standard InChI is InChI=1S/C31H27N2/c1-26-15-14-18-28(25-26)32(27-16-6-2-7-17-27)33(29-19-8-3-9-20-29,30-21-10-4-11-22-30)31-23-12-5-13-24-31/h2-25H,1H3/q+1. The zero-order valence-electron chi connectivity index (χ0n) is 18.8. The molecule has 0 spiro atoms. The largest absolute Gasteiger partial charge is 0.177 e. The van der Waals surface area contributed by atoms with Crippen LogP contribution in [0.2, 0.25) is 0 Å². The average Bonchev–Trinajstić information content (AvgIpc) is 2.89. The lowest BCUT2D eigenvalue weighted by Crippen LogP contribution is -2.52. The Morgan fingerprint density at radius 2 is 0.818 bits per heavy atom. The van der Waals surface area contributed by atoms with Crippen LogP contribution in [-0.4, -0.2) is 0 Å². The summed E-state index contributed by atoms with van der Waals surface area (Å²) in [4.78, 5) is 0. The minimum Gasteiger partial charge on any atom is -0.177 e. The van der Waals surface area contributed by atoms with Crippen molar-refractivity contribution >= 4 is 28.4 Å². The lowest BCUT2D eigenvalue weighted by molar-refractivity contribution is 0.527. The summed E-state index contributed by atoms with van der Waals surface area (Å²) in [5.74, 6) is 0. The molecule has 0 amide bonds. The van der Waals surface area contributed by atoms with Crippen molar-refractivity contribution in [2.75, 3.05) is 5.01 Å². The first-order valence-electron chi connectivity index (χ1n) is 11.3. The molecule has 0 N–H and O–H groups in total. The van der Waals surface area contributed by atoms with E-state index in [1.54, 1.807) is 0 Å². The number of benzene rings is 5. The second-order valence-electron chi connectivity index (χ2n) is 8.13. The summed E-state index contributed by atoms with van der Waals surface area (Å²) < 4.78 is 0.399. The molecule has 0 atom stereocenters. The molecule has 5 aromatic carbocycles. The van der Waals surface area contributed by atoms with Crippen molar-refractivity contribution < 1.29 is 0 Å². The SMILES string of the molecule is Cc1cccc(N(c2ccccc2)[N+](c2ccccc2)(c2ccccc2)c2ccccc2)c1. The molecule has 0 unspecified atom stereocenters. The van der Waals surface area contributed by atoms with E-state index in [4.69, 9.17) is 0 Å². The number of nitrogens with zero attached hydrogens (tertiary/aromatic N) is 2. The Balaban J connectivity index is 1.95. The Morgan fingerprint density at radius 3 is 1.24 bits per heavy atom.